The molecule has 0 saturated carbocycles. The third kappa shape index (κ3) is 6.17. The van der Waals surface area contributed by atoms with E-state index < -0.39 is 0 Å². The van der Waals surface area contributed by atoms with Gasteiger partial charge >= 0.3 is 0 Å². The number of imidazole rings is 1. The molecule has 0 radical (unpaired) electrons. The normalized spacial score (nSPS) is 13.0. The van der Waals surface area contributed by atoms with Crippen molar-refractivity contribution >= 4 is 28.7 Å². The molecule has 0 unspecified atom stereocenters. The quantitative estimate of drug-likeness (QED) is 0.225. The Kier molecular flexibility index (Phi) is 8.22. The molecule has 1 amide bonds. The first-order valence-electron chi connectivity index (χ1n) is 14.1. The number of carbonyl (C=O) groups excluding carboxylic acids is 2. The molecule has 0 fully saturated rings. The number of benzene rings is 1. The van der Waals surface area contributed by atoms with Crippen LogP contribution in [0, 0.1) is 0 Å². The number of amides is 1. The summed E-state index contributed by atoms with van der Waals surface area (Å²) >= 11 is 1.57. The van der Waals surface area contributed by atoms with E-state index in [9.17, 15) is 9.59 Å². The summed E-state index contributed by atoms with van der Waals surface area (Å²) in [6.45, 7) is 12.5. The molecule has 0 N–H and O–H groups in total. The Morgan fingerprint density at radius 3 is 2.51 bits per heavy atom. The van der Waals surface area contributed by atoms with Crippen molar-refractivity contribution in [3.05, 3.63) is 111 Å². The highest BCUT2D eigenvalue weighted by molar-refractivity contribution is 7.10. The number of aromatic nitrogens is 4. The van der Waals surface area contributed by atoms with Gasteiger partial charge in [-0.3, -0.25) is 18.7 Å². The summed E-state index contributed by atoms with van der Waals surface area (Å²) in [6, 6.07) is 18.4. The smallest absolute Gasteiger partial charge is 0.272 e. The lowest BCUT2D eigenvalue weighted by atomic mass is 9.92. The number of pyridine rings is 1. The second-order valence-electron chi connectivity index (χ2n) is 11.4. The van der Waals surface area contributed by atoms with Gasteiger partial charge in [0.1, 0.15) is 11.3 Å². The van der Waals surface area contributed by atoms with Gasteiger partial charge in [0, 0.05) is 39.7 Å². The largest absolute Gasteiger partial charge is 0.332 e. The number of thiophene rings is 1. The van der Waals surface area contributed by atoms with Crippen LogP contribution in [0.4, 0.5) is 0 Å². The summed E-state index contributed by atoms with van der Waals surface area (Å²) < 4.78 is 3.95. The Hall–Kier alpha value is -4.04. The molecule has 0 saturated heterocycles. The molecule has 1 aliphatic rings. The third-order valence-corrected chi connectivity index (χ3v) is 8.43. The highest BCUT2D eigenvalue weighted by atomic mass is 32.1. The number of hydrogen-bond acceptors (Lipinski definition) is 5. The molecule has 0 aliphatic carbocycles. The second-order valence-corrected chi connectivity index (χ2v) is 12.4. The van der Waals surface area contributed by atoms with E-state index in [4.69, 9.17) is 5.10 Å². The number of nitrogens with zero attached hydrogens (tertiary/aromatic N) is 5. The molecule has 0 bridgehead atoms. The highest BCUT2D eigenvalue weighted by Crippen LogP contribution is 2.30. The molecule has 7 nitrogen and oxygen atoms in total. The zero-order valence-corrected chi connectivity index (χ0v) is 25.2. The van der Waals surface area contributed by atoms with Crippen molar-refractivity contribution < 1.29 is 9.59 Å². The van der Waals surface area contributed by atoms with Gasteiger partial charge in [0.15, 0.2) is 5.78 Å². The maximum atomic E-state index is 12.8. The third-order valence-electron chi connectivity index (χ3n) is 7.42. The Bertz CT molecular complexity index is 1670. The molecule has 5 heterocycles. The molecule has 212 valence electrons. The van der Waals surface area contributed by atoms with Crippen LogP contribution in [0.5, 0.6) is 0 Å². The Morgan fingerprint density at radius 2 is 1.80 bits per heavy atom. The van der Waals surface area contributed by atoms with Gasteiger partial charge in [0.05, 0.1) is 25.0 Å². The van der Waals surface area contributed by atoms with Gasteiger partial charge in [-0.15, -0.1) is 11.3 Å². The van der Waals surface area contributed by atoms with Crippen molar-refractivity contribution in [3.8, 4) is 0 Å². The average molecular weight is 568 g/mol. The van der Waals surface area contributed by atoms with Crippen LogP contribution in [-0.2, 0) is 31.3 Å². The van der Waals surface area contributed by atoms with E-state index in [0.717, 1.165) is 41.0 Å². The van der Waals surface area contributed by atoms with Gasteiger partial charge in [-0.1, -0.05) is 64.1 Å². The molecule has 0 atom stereocenters. The molecule has 1 aromatic carbocycles. The highest BCUT2D eigenvalue weighted by Gasteiger charge is 2.27. The summed E-state index contributed by atoms with van der Waals surface area (Å²) in [4.78, 5) is 31.7. The van der Waals surface area contributed by atoms with Crippen LogP contribution in [0.3, 0.4) is 0 Å². The SMILES string of the molecule is CC(=O)c1csc2c1CCN(C(=O)c1cnc3ccccn13)C2.CCc1cc(C(C)(C)C)nn1Cc1ccccc1. The molecule has 0 spiro atoms. The van der Waals surface area contributed by atoms with E-state index in [2.05, 4.69) is 67.7 Å². The van der Waals surface area contributed by atoms with Crippen LogP contribution >= 0.6 is 11.3 Å². The van der Waals surface area contributed by atoms with Gasteiger partial charge in [-0.25, -0.2) is 4.98 Å². The van der Waals surface area contributed by atoms with E-state index >= 15 is 0 Å². The van der Waals surface area contributed by atoms with Crippen molar-refractivity contribution in [3.63, 3.8) is 0 Å². The lowest BCUT2D eigenvalue weighted by Gasteiger charge is -2.27. The number of Topliss-reactive ketones (excluding diaryl/α,β-unsaturated/α-hetero) is 1. The zero-order valence-electron chi connectivity index (χ0n) is 24.4. The van der Waals surface area contributed by atoms with E-state index in [0.29, 0.717) is 18.8 Å². The van der Waals surface area contributed by atoms with Gasteiger partial charge < -0.3 is 4.90 Å². The number of hydrogen-bond donors (Lipinski definition) is 0. The van der Waals surface area contributed by atoms with Crippen molar-refractivity contribution in [1.82, 2.24) is 24.1 Å². The van der Waals surface area contributed by atoms with Gasteiger partial charge in [0.25, 0.3) is 5.91 Å². The molecule has 4 aromatic heterocycles. The summed E-state index contributed by atoms with van der Waals surface area (Å²) in [6.07, 6.45) is 5.23. The molecular formula is C33H37N5O2S. The van der Waals surface area contributed by atoms with Gasteiger partial charge in [-0.2, -0.15) is 5.10 Å². The Labute approximate surface area is 245 Å². The fourth-order valence-electron chi connectivity index (χ4n) is 5.05. The second kappa shape index (κ2) is 11.8. The molecule has 5 aromatic rings. The summed E-state index contributed by atoms with van der Waals surface area (Å²) in [5.41, 5.74) is 7.17. The molecule has 1 aliphatic heterocycles. The molecule has 8 heteroatoms. The molecule has 6 rings (SSSR count). The van der Waals surface area contributed by atoms with E-state index in [1.807, 2.05) is 45.1 Å². The van der Waals surface area contributed by atoms with Crippen LogP contribution in [0.2, 0.25) is 0 Å². The molecule has 41 heavy (non-hydrogen) atoms. The van der Waals surface area contributed by atoms with Crippen LogP contribution in [-0.4, -0.2) is 42.3 Å². The number of carbonyl (C=O) groups is 2. The first-order chi connectivity index (χ1) is 19.7. The van der Waals surface area contributed by atoms with Crippen LogP contribution in [0.1, 0.15) is 82.9 Å². The number of ketones is 1. The van der Waals surface area contributed by atoms with Gasteiger partial charge in [-0.05, 0) is 49.1 Å². The standard InChI is InChI=1S/C17H15N3O2S.C16H22N2/c1-11(21)13-10-23-15-9-19(7-5-12(13)15)17(22)14-8-18-16-4-2-3-6-20(14)16;1-5-14-11-15(16(2,3)4)17-18(14)12-13-9-7-6-8-10-13/h2-4,6,8,10H,5,7,9H2,1H3;6-11H,5,12H2,1-4H3. The monoisotopic (exact) mass is 567 g/mol. The lowest BCUT2D eigenvalue weighted by Crippen LogP contribution is -2.36. The van der Waals surface area contributed by atoms with E-state index in [1.54, 1.807) is 24.5 Å². The number of rotatable bonds is 5. The van der Waals surface area contributed by atoms with Crippen molar-refractivity contribution in [2.45, 2.75) is 66.0 Å². The first kappa shape index (κ1) is 28.5. The van der Waals surface area contributed by atoms with Crippen LogP contribution in [0.15, 0.2) is 72.4 Å². The van der Waals surface area contributed by atoms with Crippen LogP contribution in [0.25, 0.3) is 5.65 Å². The lowest BCUT2D eigenvalue weighted by molar-refractivity contribution is 0.0730. The predicted octanol–water partition coefficient (Wildman–Crippen LogP) is 6.59. The van der Waals surface area contributed by atoms with Crippen LogP contribution < -0.4 is 0 Å². The van der Waals surface area contributed by atoms with E-state index in [1.165, 1.54) is 17.0 Å². The van der Waals surface area contributed by atoms with Crippen molar-refractivity contribution in [2.24, 2.45) is 0 Å². The Morgan fingerprint density at radius 1 is 1.05 bits per heavy atom. The number of fused-ring (bicyclic) bond motifs is 2. The summed E-state index contributed by atoms with van der Waals surface area (Å²) in [7, 11) is 0. The Balaban J connectivity index is 0.000000170. The number of aryl methyl sites for hydroxylation is 1. The summed E-state index contributed by atoms with van der Waals surface area (Å²) in [5.74, 6) is 0.0798. The fourth-order valence-corrected chi connectivity index (χ4v) is 6.20. The van der Waals surface area contributed by atoms with Crippen molar-refractivity contribution in [2.75, 3.05) is 6.54 Å². The minimum Gasteiger partial charge on any atom is -0.332 e. The minimum absolute atomic E-state index is 0.0212. The maximum absolute atomic E-state index is 12.8. The predicted molar refractivity (Wildman–Crippen MR) is 164 cm³/mol. The van der Waals surface area contributed by atoms with Gasteiger partial charge in [0.2, 0.25) is 0 Å². The maximum Gasteiger partial charge on any atom is 0.272 e. The topological polar surface area (TPSA) is 72.5 Å². The zero-order chi connectivity index (χ0) is 29.1. The fraction of sp³-hybridized carbons (Fsp3) is 0.333. The minimum atomic E-state index is -0.0212. The van der Waals surface area contributed by atoms with Crippen molar-refractivity contribution in [1.29, 1.82) is 0 Å². The average Bonchev–Trinajstić information content (AvgIpc) is 3.69. The van der Waals surface area contributed by atoms with E-state index in [-0.39, 0.29) is 17.1 Å². The summed E-state index contributed by atoms with van der Waals surface area (Å²) in [5, 5.41) is 6.68. The molecular weight excluding hydrogens is 530 g/mol. The first-order valence-corrected chi connectivity index (χ1v) is 15.0.